The summed E-state index contributed by atoms with van der Waals surface area (Å²) in [5.41, 5.74) is 7.41. The molecule has 5 rings (SSSR count). The molecule has 204 valence electrons. The van der Waals surface area contributed by atoms with Crippen LogP contribution in [0, 0.1) is 6.92 Å². The fraction of sp³-hybridized carbons (Fsp3) is 0.355. The summed E-state index contributed by atoms with van der Waals surface area (Å²) in [4.78, 5) is 27.9. The van der Waals surface area contributed by atoms with Crippen LogP contribution in [-0.4, -0.2) is 73.3 Å². The molecule has 1 saturated heterocycles. The molecule has 8 heteroatoms. The lowest BCUT2D eigenvalue weighted by molar-refractivity contribution is -0.110. The number of amides is 2. The zero-order chi connectivity index (χ0) is 27.5. The van der Waals surface area contributed by atoms with Crippen LogP contribution in [0.25, 0.3) is 22.8 Å². The highest BCUT2D eigenvalue weighted by Crippen LogP contribution is 2.42. The summed E-state index contributed by atoms with van der Waals surface area (Å²) in [5, 5.41) is 15.7. The van der Waals surface area contributed by atoms with Gasteiger partial charge in [-0.2, -0.15) is 0 Å². The molecule has 0 bridgehead atoms. The highest BCUT2D eigenvalue weighted by atomic mass is 16.5. The van der Waals surface area contributed by atoms with Crippen molar-refractivity contribution in [1.29, 1.82) is 0 Å². The fourth-order valence-electron chi connectivity index (χ4n) is 5.45. The van der Waals surface area contributed by atoms with Crippen LogP contribution >= 0.6 is 0 Å². The summed E-state index contributed by atoms with van der Waals surface area (Å²) >= 11 is 0. The molecule has 0 unspecified atom stereocenters. The first-order valence-electron chi connectivity index (χ1n) is 13.5. The number of fused-ring (bicyclic) bond motifs is 2. The summed E-state index contributed by atoms with van der Waals surface area (Å²) < 4.78 is 6.21. The monoisotopic (exact) mass is 528 g/mol. The molecule has 1 fully saturated rings. The van der Waals surface area contributed by atoms with Gasteiger partial charge in [0.1, 0.15) is 5.75 Å². The van der Waals surface area contributed by atoms with E-state index in [1.165, 1.54) is 4.90 Å². The molecule has 0 radical (unpaired) electrons. The van der Waals surface area contributed by atoms with Gasteiger partial charge in [-0.15, -0.1) is 0 Å². The van der Waals surface area contributed by atoms with Crippen molar-refractivity contribution in [3.8, 4) is 16.9 Å². The molecule has 1 aromatic carbocycles. The SMILES string of the molecule is Cc1cc(C=C2C(=O)Nc3ccc(NC4CCN(C(=O)O)CC4)cc32)c2ccccc(OCCCN(C)C)c1-2. The number of ether oxygens (including phenoxy) is 1. The minimum atomic E-state index is -0.864. The zero-order valence-corrected chi connectivity index (χ0v) is 22.8. The van der Waals surface area contributed by atoms with Crippen molar-refractivity contribution in [3.05, 3.63) is 65.2 Å². The van der Waals surface area contributed by atoms with Gasteiger partial charge in [0.25, 0.3) is 5.91 Å². The molecule has 39 heavy (non-hydrogen) atoms. The molecule has 4 aliphatic rings. The van der Waals surface area contributed by atoms with E-state index in [-0.39, 0.29) is 11.9 Å². The van der Waals surface area contributed by atoms with Gasteiger partial charge in [-0.1, -0.05) is 24.3 Å². The number of aryl methyl sites for hydroxylation is 1. The van der Waals surface area contributed by atoms with Crippen LogP contribution in [0.4, 0.5) is 16.2 Å². The number of carbonyl (C=O) groups is 2. The van der Waals surface area contributed by atoms with Gasteiger partial charge in [-0.25, -0.2) is 4.79 Å². The summed E-state index contributed by atoms with van der Waals surface area (Å²) in [6.07, 6.45) is 3.55. The number of likely N-dealkylation sites (tertiary alicyclic amines) is 1. The van der Waals surface area contributed by atoms with Gasteiger partial charge >= 0.3 is 6.09 Å². The van der Waals surface area contributed by atoms with Crippen molar-refractivity contribution in [3.63, 3.8) is 0 Å². The second kappa shape index (κ2) is 11.4. The quantitative estimate of drug-likeness (QED) is 0.265. The van der Waals surface area contributed by atoms with Crippen LogP contribution in [-0.2, 0) is 4.79 Å². The van der Waals surface area contributed by atoms with E-state index in [2.05, 4.69) is 48.7 Å². The van der Waals surface area contributed by atoms with Crippen LogP contribution in [0.5, 0.6) is 5.75 Å². The van der Waals surface area contributed by atoms with Gasteiger partial charge in [-0.05, 0) is 87.3 Å². The minimum Gasteiger partial charge on any atom is -0.493 e. The third kappa shape index (κ3) is 5.86. The molecular weight excluding hydrogens is 492 g/mol. The van der Waals surface area contributed by atoms with Crippen molar-refractivity contribution in [2.75, 3.05) is 51.0 Å². The molecule has 1 aromatic rings. The first kappa shape index (κ1) is 26.6. The van der Waals surface area contributed by atoms with Crippen molar-refractivity contribution in [2.24, 2.45) is 0 Å². The number of carboxylic acid groups (broad SMARTS) is 1. The molecule has 0 atom stereocenters. The summed E-state index contributed by atoms with van der Waals surface area (Å²) in [5.74, 6) is 0.733. The molecule has 2 heterocycles. The Morgan fingerprint density at radius 2 is 1.92 bits per heavy atom. The maximum Gasteiger partial charge on any atom is 0.407 e. The van der Waals surface area contributed by atoms with E-state index in [4.69, 9.17) is 4.74 Å². The Morgan fingerprint density at radius 1 is 1.15 bits per heavy atom. The third-order valence-corrected chi connectivity index (χ3v) is 7.46. The van der Waals surface area contributed by atoms with Crippen molar-refractivity contribution in [1.82, 2.24) is 9.80 Å². The molecular formula is C31H36N4O4. The summed E-state index contributed by atoms with van der Waals surface area (Å²) in [6.45, 7) is 4.72. The molecule has 0 spiro atoms. The summed E-state index contributed by atoms with van der Waals surface area (Å²) in [7, 11) is 4.12. The smallest absolute Gasteiger partial charge is 0.407 e. The number of rotatable bonds is 8. The van der Waals surface area contributed by atoms with E-state index in [0.29, 0.717) is 25.3 Å². The average molecular weight is 529 g/mol. The van der Waals surface area contributed by atoms with E-state index in [0.717, 1.165) is 70.7 Å². The predicted molar refractivity (Wildman–Crippen MR) is 156 cm³/mol. The average Bonchev–Trinajstić information content (AvgIpc) is 3.27. The second-order valence-corrected chi connectivity index (χ2v) is 10.6. The fourth-order valence-corrected chi connectivity index (χ4v) is 5.45. The Hall–Kier alpha value is -4.04. The van der Waals surface area contributed by atoms with Gasteiger partial charge < -0.3 is 30.3 Å². The summed E-state index contributed by atoms with van der Waals surface area (Å²) in [6, 6.07) is 16.3. The highest BCUT2D eigenvalue weighted by Gasteiger charge is 2.27. The van der Waals surface area contributed by atoms with Crippen molar-refractivity contribution in [2.45, 2.75) is 32.2 Å². The largest absolute Gasteiger partial charge is 0.493 e. The number of benzene rings is 1. The number of hydrogen-bond acceptors (Lipinski definition) is 5. The van der Waals surface area contributed by atoms with Gasteiger partial charge in [0.2, 0.25) is 0 Å². The van der Waals surface area contributed by atoms with Crippen LogP contribution in [0.3, 0.4) is 0 Å². The highest BCUT2D eigenvalue weighted by molar-refractivity contribution is 6.35. The Morgan fingerprint density at radius 3 is 2.67 bits per heavy atom. The topological polar surface area (TPSA) is 94.1 Å². The van der Waals surface area contributed by atoms with Crippen LogP contribution < -0.4 is 15.4 Å². The lowest BCUT2D eigenvalue weighted by atomic mass is 10.0. The lowest BCUT2D eigenvalue weighted by Crippen LogP contribution is -2.41. The van der Waals surface area contributed by atoms with E-state index in [1.54, 1.807) is 0 Å². The standard InChI is InChI=1S/C31H36N4O4/c1-20-17-21(24-7-4-5-8-28(29(20)24)39-16-6-13-34(2)3)18-26-25-19-23(9-10-27(25)33-30(26)36)32-22-11-14-35(15-12-22)31(37)38/h4-5,7-10,17-19,22,32H,6,11-16H2,1-3H3,(H,33,36)(H,37,38). The predicted octanol–water partition coefficient (Wildman–Crippen LogP) is 5.48. The Labute approximate surface area is 229 Å². The maximum absolute atomic E-state index is 13.0. The number of piperidine rings is 1. The van der Waals surface area contributed by atoms with Crippen LogP contribution in [0.1, 0.15) is 36.0 Å². The van der Waals surface area contributed by atoms with E-state index in [1.807, 2.05) is 42.5 Å². The Bertz CT molecular complexity index is 1370. The normalized spacial score (nSPS) is 16.6. The second-order valence-electron chi connectivity index (χ2n) is 10.6. The van der Waals surface area contributed by atoms with Gasteiger partial charge in [0, 0.05) is 53.8 Å². The molecule has 2 aliphatic heterocycles. The Kier molecular flexibility index (Phi) is 7.74. The lowest BCUT2D eigenvalue weighted by Gasteiger charge is -2.31. The molecule has 0 saturated carbocycles. The van der Waals surface area contributed by atoms with Crippen LogP contribution in [0.2, 0.25) is 0 Å². The molecule has 2 aliphatic carbocycles. The molecule has 2 amide bonds. The van der Waals surface area contributed by atoms with E-state index < -0.39 is 6.09 Å². The zero-order valence-electron chi connectivity index (χ0n) is 22.8. The maximum atomic E-state index is 13.0. The Balaban J connectivity index is 1.38. The van der Waals surface area contributed by atoms with E-state index in [9.17, 15) is 14.7 Å². The number of anilines is 2. The molecule has 3 N–H and O–H groups in total. The van der Waals surface area contributed by atoms with Gasteiger partial charge in [0.05, 0.1) is 6.61 Å². The van der Waals surface area contributed by atoms with Gasteiger partial charge in [-0.3, -0.25) is 4.79 Å². The molecule has 8 nitrogen and oxygen atoms in total. The number of carbonyl (C=O) groups excluding carboxylic acids is 1. The van der Waals surface area contributed by atoms with Gasteiger partial charge in [0.15, 0.2) is 0 Å². The van der Waals surface area contributed by atoms with Crippen molar-refractivity contribution >= 4 is 35.0 Å². The minimum absolute atomic E-state index is 0.121. The number of hydrogen-bond donors (Lipinski definition) is 3. The number of nitrogens with one attached hydrogen (secondary N) is 2. The van der Waals surface area contributed by atoms with E-state index >= 15 is 0 Å². The van der Waals surface area contributed by atoms with Crippen LogP contribution in [0.15, 0.2) is 48.5 Å². The third-order valence-electron chi connectivity index (χ3n) is 7.46. The number of nitrogens with zero attached hydrogens (tertiary/aromatic N) is 2. The van der Waals surface area contributed by atoms with Crippen molar-refractivity contribution < 1.29 is 19.4 Å². The first-order chi connectivity index (χ1) is 18.8. The molecule has 0 aromatic heterocycles. The first-order valence-corrected chi connectivity index (χ1v) is 13.5.